The third kappa shape index (κ3) is 13.5. The first-order valence-electron chi connectivity index (χ1n) is 26.6. The van der Waals surface area contributed by atoms with Gasteiger partial charge in [-0.15, -0.1) is 0 Å². The molecule has 1 unspecified atom stereocenters. The molecule has 21 heteroatoms. The maximum atomic E-state index is 14.5. The highest BCUT2D eigenvalue weighted by Crippen LogP contribution is 2.42. The molecule has 0 radical (unpaired) electrons. The van der Waals surface area contributed by atoms with Crippen molar-refractivity contribution < 1.29 is 76.3 Å². The van der Waals surface area contributed by atoms with Gasteiger partial charge in [0.2, 0.25) is 23.5 Å². The molecule has 8 rings (SSSR count). The van der Waals surface area contributed by atoms with Crippen LogP contribution in [-0.2, 0) is 46.5 Å². The van der Waals surface area contributed by atoms with Crippen LogP contribution in [0.5, 0.6) is 40.2 Å². The average Bonchev–Trinajstić information content (AvgIpc) is 4.04. The summed E-state index contributed by atoms with van der Waals surface area (Å²) in [5.74, 6) is -2.31. The monoisotopic (exact) mass is 1110 g/mol. The molecule has 0 bridgehead atoms. The van der Waals surface area contributed by atoms with E-state index >= 15 is 0 Å². The fraction of sp³-hybridized carbons (Fsp3) is 0.367. The molecule has 2 saturated heterocycles. The van der Waals surface area contributed by atoms with Gasteiger partial charge >= 0.3 is 5.97 Å². The number of piperidine rings is 2. The van der Waals surface area contributed by atoms with E-state index in [0.29, 0.717) is 89.1 Å². The Hall–Kier alpha value is -9.14. The fourth-order valence-electron chi connectivity index (χ4n) is 10.2. The molecule has 0 spiro atoms. The number of benzene rings is 5. The van der Waals surface area contributed by atoms with Crippen molar-refractivity contribution in [1.82, 2.24) is 20.4 Å². The van der Waals surface area contributed by atoms with E-state index in [2.05, 4.69) is 16.0 Å². The Morgan fingerprint density at radius 3 is 2.09 bits per heavy atom. The van der Waals surface area contributed by atoms with E-state index in [-0.39, 0.29) is 48.8 Å². The van der Waals surface area contributed by atoms with Crippen LogP contribution in [0.3, 0.4) is 0 Å². The number of carbonyl (C=O) groups excluding carboxylic acids is 8. The normalized spacial score (nSPS) is 16.5. The smallest absolute Gasteiger partial charge is 0.329 e. The maximum Gasteiger partial charge on any atom is 0.329 e. The van der Waals surface area contributed by atoms with E-state index in [4.69, 9.17) is 37.9 Å². The lowest BCUT2D eigenvalue weighted by Gasteiger charge is -2.37. The lowest BCUT2D eigenvalue weighted by Crippen LogP contribution is -2.54. The van der Waals surface area contributed by atoms with Gasteiger partial charge in [0.15, 0.2) is 36.2 Å². The van der Waals surface area contributed by atoms with Gasteiger partial charge in [-0.05, 0) is 128 Å². The van der Waals surface area contributed by atoms with Crippen LogP contribution in [0.25, 0.3) is 0 Å². The number of nitrogens with one attached hydrogen (secondary N) is 3. The number of nitrogens with zero attached hydrogens (tertiary/aromatic N) is 2. The van der Waals surface area contributed by atoms with Crippen molar-refractivity contribution in [3.63, 3.8) is 0 Å². The third-order valence-corrected chi connectivity index (χ3v) is 14.4. The number of rotatable bonds is 24. The third-order valence-electron chi connectivity index (χ3n) is 14.4. The van der Waals surface area contributed by atoms with E-state index in [0.717, 1.165) is 23.3 Å². The number of aryl methyl sites for hydroxylation is 1. The van der Waals surface area contributed by atoms with Crippen molar-refractivity contribution in [2.45, 2.75) is 88.9 Å². The molecular weight excluding hydrogens is 1050 g/mol. The summed E-state index contributed by atoms with van der Waals surface area (Å²) in [7, 11) is 7.66. The summed E-state index contributed by atoms with van der Waals surface area (Å²) in [5.41, 5.74) is 3.24. The second kappa shape index (κ2) is 26.7. The van der Waals surface area contributed by atoms with E-state index < -0.39 is 72.1 Å². The van der Waals surface area contributed by atoms with Gasteiger partial charge in [0.1, 0.15) is 29.7 Å². The predicted octanol–water partition coefficient (Wildman–Crippen LogP) is 6.64. The Morgan fingerprint density at radius 1 is 0.679 bits per heavy atom. The maximum absolute atomic E-state index is 14.5. The molecule has 3 N–H and O–H groups in total. The highest BCUT2D eigenvalue weighted by atomic mass is 16.5. The van der Waals surface area contributed by atoms with Crippen molar-refractivity contribution in [2.24, 2.45) is 0 Å². The first-order valence-corrected chi connectivity index (χ1v) is 26.6. The molecule has 2 fully saturated rings. The van der Waals surface area contributed by atoms with Crippen molar-refractivity contribution in [1.29, 1.82) is 0 Å². The van der Waals surface area contributed by atoms with Crippen LogP contribution in [0.15, 0.2) is 97.1 Å². The van der Waals surface area contributed by atoms with Gasteiger partial charge in [0, 0.05) is 25.2 Å². The lowest BCUT2D eigenvalue weighted by molar-refractivity contribution is -0.162. The highest BCUT2D eigenvalue weighted by Gasteiger charge is 2.46. The minimum atomic E-state index is -1.16. The summed E-state index contributed by atoms with van der Waals surface area (Å²) in [6.45, 7) is 1.54. The number of likely N-dealkylation sites (tertiary alicyclic amines) is 1. The van der Waals surface area contributed by atoms with Gasteiger partial charge in [0.25, 0.3) is 23.6 Å². The quantitative estimate of drug-likeness (QED) is 0.0433. The molecule has 3 aliphatic heterocycles. The van der Waals surface area contributed by atoms with Crippen LogP contribution in [0.2, 0.25) is 0 Å². The van der Waals surface area contributed by atoms with Gasteiger partial charge in [-0.3, -0.25) is 43.8 Å². The van der Waals surface area contributed by atoms with Crippen LogP contribution in [-0.4, -0.2) is 125 Å². The molecule has 3 aliphatic rings. The Kier molecular flexibility index (Phi) is 19.1. The molecule has 0 aliphatic carbocycles. The van der Waals surface area contributed by atoms with Crippen molar-refractivity contribution >= 4 is 53.0 Å². The minimum absolute atomic E-state index is 0.00838. The summed E-state index contributed by atoms with van der Waals surface area (Å²) >= 11 is 0. The molecule has 21 nitrogen and oxygen atoms in total. The number of hydrogen-bond donors (Lipinski definition) is 3. The molecule has 3 heterocycles. The van der Waals surface area contributed by atoms with Crippen LogP contribution >= 0.6 is 0 Å². The van der Waals surface area contributed by atoms with Gasteiger partial charge in [-0.2, -0.15) is 0 Å². The Morgan fingerprint density at radius 2 is 1.40 bits per heavy atom. The van der Waals surface area contributed by atoms with E-state index in [1.54, 1.807) is 79.8 Å². The van der Waals surface area contributed by atoms with Crippen LogP contribution < -0.4 is 49.1 Å². The predicted molar refractivity (Wildman–Crippen MR) is 293 cm³/mol. The first-order chi connectivity index (χ1) is 39.2. The molecular formula is C60H65N5O16. The molecule has 7 amide bonds. The number of anilines is 1. The molecule has 0 saturated carbocycles. The highest BCUT2D eigenvalue weighted by molar-refractivity contribution is 6.24. The molecule has 81 heavy (non-hydrogen) atoms. The average molecular weight is 1110 g/mol. The first kappa shape index (κ1) is 58.0. The van der Waals surface area contributed by atoms with Crippen molar-refractivity contribution in [3.8, 4) is 40.2 Å². The summed E-state index contributed by atoms with van der Waals surface area (Å²) in [6.07, 6.45) is 2.42. The lowest BCUT2D eigenvalue weighted by atomic mass is 9.91. The molecule has 5 aromatic rings. The Labute approximate surface area is 468 Å². The molecule has 426 valence electrons. The number of methoxy groups -OCH3 is 5. The zero-order valence-corrected chi connectivity index (χ0v) is 46.0. The summed E-state index contributed by atoms with van der Waals surface area (Å²) in [6, 6.07) is 25.2. The summed E-state index contributed by atoms with van der Waals surface area (Å²) < 4.78 is 45.7. The zero-order valence-electron chi connectivity index (χ0n) is 46.0. The Bertz CT molecular complexity index is 3160. The van der Waals surface area contributed by atoms with E-state index in [1.165, 1.54) is 39.5 Å². The number of fused-ring (bicyclic) bond motifs is 1. The number of ether oxygens (including phenoxy) is 8. The van der Waals surface area contributed by atoms with Gasteiger partial charge < -0.3 is 53.4 Å². The topological polar surface area (TPSA) is 253 Å². The van der Waals surface area contributed by atoms with Crippen LogP contribution in [0.1, 0.15) is 107 Å². The zero-order chi connectivity index (χ0) is 57.7. The minimum Gasteiger partial charge on any atom is -0.493 e. The van der Waals surface area contributed by atoms with Gasteiger partial charge in [-0.25, -0.2) is 4.79 Å². The Balaban J connectivity index is 0.872. The van der Waals surface area contributed by atoms with Crippen LogP contribution in [0, 0.1) is 0 Å². The standard InChI is InChI=1S/C60H65N5O16/c1-7-41(38-30-49(76-4)55(78-6)50(31-38)77-5)57(70)64-27-9-8-15-44(64)60(73)81-45(24-17-35-18-25-46(74-2)48(29-35)75-3)37-19-21-40(22-20-37)79-33-52(67)61-32-36-12-10-13-39(28-36)62-53(68)34-80-47-16-11-14-42-54(47)59(72)65(58(42)71)43-23-26-51(66)63-56(43)69/h10-14,16,18-22,25,28-31,41,43-45H,7-9,15,17,23-24,26-27,32-34H2,1-6H3,(H,61,67)(H,62,68)(H,63,66,69)/t41-,43?,44-,45+/m0/s1. The number of imide groups is 2. The molecule has 5 aromatic carbocycles. The second-order valence-corrected chi connectivity index (χ2v) is 19.4. The van der Waals surface area contributed by atoms with Gasteiger partial charge in [-0.1, -0.05) is 43.3 Å². The second-order valence-electron chi connectivity index (χ2n) is 19.4. The van der Waals surface area contributed by atoms with Crippen molar-refractivity contribution in [3.05, 3.63) is 130 Å². The number of amides is 7. The number of carbonyl (C=O) groups is 8. The van der Waals surface area contributed by atoms with Crippen molar-refractivity contribution in [2.75, 3.05) is 60.6 Å². The number of hydrogen-bond acceptors (Lipinski definition) is 16. The largest absolute Gasteiger partial charge is 0.493 e. The molecule has 0 aromatic heterocycles. The van der Waals surface area contributed by atoms with Gasteiger partial charge in [0.05, 0.1) is 52.6 Å². The summed E-state index contributed by atoms with van der Waals surface area (Å²) in [4.78, 5) is 108. The summed E-state index contributed by atoms with van der Waals surface area (Å²) in [5, 5.41) is 7.69. The van der Waals surface area contributed by atoms with E-state index in [1.807, 2.05) is 25.1 Å². The fourth-order valence-corrected chi connectivity index (χ4v) is 10.2. The number of esters is 1. The SMILES string of the molecule is CC[C@H](C(=O)N1CCCC[C@H]1C(=O)O[C@H](CCc1ccc(OC)c(OC)c1)c1ccc(OCC(=O)NCc2cccc(NC(=O)COc3cccc4c3C(=O)N(C3CCC(=O)NC3=O)C4=O)c2)cc1)c1cc(OC)c(OC)c(OC)c1. The van der Waals surface area contributed by atoms with Crippen LogP contribution in [0.4, 0.5) is 5.69 Å². The molecule has 4 atom stereocenters. The van der Waals surface area contributed by atoms with E-state index in [9.17, 15) is 38.4 Å².